The molecule has 4 aromatic rings. The summed E-state index contributed by atoms with van der Waals surface area (Å²) in [6.07, 6.45) is 1.70. The van der Waals surface area contributed by atoms with Gasteiger partial charge in [-0.3, -0.25) is 9.59 Å². The Morgan fingerprint density at radius 1 is 0.875 bits per heavy atom. The topological polar surface area (TPSA) is 99.7 Å². The Balaban J connectivity index is 1.12. The van der Waals surface area contributed by atoms with Crippen LogP contribution in [0.3, 0.4) is 0 Å². The molecular weight excluding hydrogens is 511 g/mol. The molecule has 0 spiro atoms. The van der Waals surface area contributed by atoms with Gasteiger partial charge < -0.3 is 25.2 Å². The van der Waals surface area contributed by atoms with Crippen molar-refractivity contribution < 1.29 is 18.7 Å². The highest BCUT2D eigenvalue weighted by atomic mass is 19.1. The third-order valence-corrected chi connectivity index (χ3v) is 6.45. The number of nitrogens with zero attached hydrogens (tertiary/aromatic N) is 4. The van der Waals surface area contributed by atoms with Gasteiger partial charge in [-0.1, -0.05) is 12.1 Å². The first-order chi connectivity index (χ1) is 19.4. The van der Waals surface area contributed by atoms with E-state index in [0.717, 1.165) is 28.3 Å². The zero-order valence-corrected chi connectivity index (χ0v) is 22.0. The molecule has 0 radical (unpaired) electrons. The molecule has 204 valence electrons. The maximum atomic E-state index is 13.0. The number of hydrogen-bond acceptors (Lipinski definition) is 7. The van der Waals surface area contributed by atoms with Crippen LogP contribution in [0.25, 0.3) is 11.3 Å². The van der Waals surface area contributed by atoms with Crippen molar-refractivity contribution in [3.05, 3.63) is 90.9 Å². The molecule has 1 fully saturated rings. The van der Waals surface area contributed by atoms with Gasteiger partial charge in [0.25, 0.3) is 5.91 Å². The summed E-state index contributed by atoms with van der Waals surface area (Å²) in [5.74, 6) is 0.399. The number of aromatic nitrogens is 2. The number of benzene rings is 3. The molecule has 0 aliphatic carbocycles. The van der Waals surface area contributed by atoms with Gasteiger partial charge in [0, 0.05) is 61.9 Å². The van der Waals surface area contributed by atoms with Crippen LogP contribution in [-0.2, 0) is 9.59 Å². The minimum absolute atomic E-state index is 0.0718. The predicted octanol–water partition coefficient (Wildman–Crippen LogP) is 4.71. The molecule has 1 aromatic heterocycles. The molecule has 40 heavy (non-hydrogen) atoms. The van der Waals surface area contributed by atoms with Crippen molar-refractivity contribution in [2.75, 3.05) is 48.3 Å². The molecule has 9 nitrogen and oxygen atoms in total. The summed E-state index contributed by atoms with van der Waals surface area (Å²) in [5.41, 5.74) is 4.32. The second-order valence-electron chi connectivity index (χ2n) is 9.31. The van der Waals surface area contributed by atoms with Gasteiger partial charge in [0.1, 0.15) is 11.6 Å². The lowest BCUT2D eigenvalue weighted by Crippen LogP contribution is -2.50. The fourth-order valence-corrected chi connectivity index (χ4v) is 4.37. The van der Waals surface area contributed by atoms with Gasteiger partial charge >= 0.3 is 0 Å². The normalized spacial score (nSPS) is 13.1. The Morgan fingerprint density at radius 3 is 2.23 bits per heavy atom. The van der Waals surface area contributed by atoms with E-state index in [4.69, 9.17) is 4.74 Å². The quantitative estimate of drug-likeness (QED) is 0.334. The highest BCUT2D eigenvalue weighted by Crippen LogP contribution is 2.24. The zero-order valence-electron chi connectivity index (χ0n) is 22.0. The summed E-state index contributed by atoms with van der Waals surface area (Å²) < 4.78 is 18.5. The fourth-order valence-electron chi connectivity index (χ4n) is 4.37. The number of anilines is 4. The highest BCUT2D eigenvalue weighted by molar-refractivity contribution is 5.89. The number of halogens is 1. The van der Waals surface area contributed by atoms with Crippen LogP contribution < -0.4 is 20.3 Å². The fraction of sp³-hybridized carbons (Fsp3) is 0.200. The summed E-state index contributed by atoms with van der Waals surface area (Å²) in [6, 6.07) is 22.9. The molecule has 5 rings (SSSR count). The minimum Gasteiger partial charge on any atom is -0.484 e. The maximum Gasteiger partial charge on any atom is 0.260 e. The van der Waals surface area contributed by atoms with Crippen molar-refractivity contribution in [2.45, 2.75) is 6.92 Å². The van der Waals surface area contributed by atoms with E-state index in [2.05, 4.69) is 25.5 Å². The Morgan fingerprint density at radius 2 is 1.55 bits per heavy atom. The summed E-state index contributed by atoms with van der Waals surface area (Å²) in [4.78, 5) is 36.8. The lowest BCUT2D eigenvalue weighted by Gasteiger charge is -2.36. The summed E-state index contributed by atoms with van der Waals surface area (Å²) in [5, 5.41) is 6.00. The van der Waals surface area contributed by atoms with Gasteiger partial charge in [-0.25, -0.2) is 14.4 Å². The number of amides is 2. The monoisotopic (exact) mass is 540 g/mol. The molecule has 0 saturated carbocycles. The molecule has 2 amide bonds. The second-order valence-corrected chi connectivity index (χ2v) is 9.31. The number of hydrogen-bond donors (Lipinski definition) is 2. The number of carbonyl (C=O) groups excluding carboxylic acids is 2. The van der Waals surface area contributed by atoms with Gasteiger partial charge in [0.05, 0.1) is 5.69 Å². The molecule has 2 heterocycles. The van der Waals surface area contributed by atoms with E-state index < -0.39 is 0 Å². The van der Waals surface area contributed by atoms with Crippen LogP contribution in [0.2, 0.25) is 0 Å². The molecule has 1 saturated heterocycles. The lowest BCUT2D eigenvalue weighted by molar-refractivity contribution is -0.133. The third-order valence-electron chi connectivity index (χ3n) is 6.45. The molecule has 1 aliphatic heterocycles. The van der Waals surface area contributed by atoms with Crippen LogP contribution in [0.1, 0.15) is 6.92 Å². The summed E-state index contributed by atoms with van der Waals surface area (Å²) >= 11 is 0. The number of rotatable bonds is 8. The minimum atomic E-state index is -0.343. The largest absolute Gasteiger partial charge is 0.484 e. The molecule has 1 aliphatic rings. The first kappa shape index (κ1) is 26.6. The lowest BCUT2D eigenvalue weighted by atomic mass is 10.1. The SMILES string of the molecule is CC(=O)Nc1ccc(-c2ccnc(Nc3ccc(N4CCN(C(=O)COc5ccc(F)cc5)CC4)cc3)n2)cc1. The zero-order chi connectivity index (χ0) is 27.9. The molecule has 0 atom stereocenters. The molecule has 0 unspecified atom stereocenters. The van der Waals surface area contributed by atoms with Crippen molar-refractivity contribution in [3.63, 3.8) is 0 Å². The van der Waals surface area contributed by atoms with E-state index in [9.17, 15) is 14.0 Å². The van der Waals surface area contributed by atoms with E-state index in [1.165, 1.54) is 31.2 Å². The summed E-state index contributed by atoms with van der Waals surface area (Å²) in [7, 11) is 0. The number of nitrogens with one attached hydrogen (secondary N) is 2. The standard InChI is InChI=1S/C30H29FN6O3/c1-21(38)33-24-6-2-22(3-7-24)28-14-15-32-30(35-28)34-25-8-10-26(11-9-25)36-16-18-37(19-17-36)29(39)20-40-27-12-4-23(31)5-13-27/h2-15H,16-20H2,1H3,(H,33,38)(H,32,34,35). The van der Waals surface area contributed by atoms with E-state index in [1.807, 2.05) is 54.6 Å². The van der Waals surface area contributed by atoms with Gasteiger partial charge in [0.2, 0.25) is 11.9 Å². The van der Waals surface area contributed by atoms with Crippen molar-refractivity contribution in [1.82, 2.24) is 14.9 Å². The number of ether oxygens (including phenoxy) is 1. The molecule has 2 N–H and O–H groups in total. The Bertz CT molecular complexity index is 1450. The Hall–Kier alpha value is -4.99. The first-order valence-electron chi connectivity index (χ1n) is 12.9. The average Bonchev–Trinajstić information content (AvgIpc) is 2.97. The van der Waals surface area contributed by atoms with Gasteiger partial charge in [-0.05, 0) is 66.7 Å². The van der Waals surface area contributed by atoms with Crippen LogP contribution in [0.5, 0.6) is 5.75 Å². The van der Waals surface area contributed by atoms with Crippen molar-refractivity contribution >= 4 is 34.8 Å². The van der Waals surface area contributed by atoms with Crippen LogP contribution in [0.15, 0.2) is 85.1 Å². The smallest absolute Gasteiger partial charge is 0.260 e. The van der Waals surface area contributed by atoms with Crippen molar-refractivity contribution in [2.24, 2.45) is 0 Å². The van der Waals surface area contributed by atoms with Gasteiger partial charge in [-0.15, -0.1) is 0 Å². The Labute approximate surface area is 231 Å². The maximum absolute atomic E-state index is 13.0. The van der Waals surface area contributed by atoms with Crippen LogP contribution in [0, 0.1) is 5.82 Å². The van der Waals surface area contributed by atoms with Crippen LogP contribution in [-0.4, -0.2) is 59.5 Å². The van der Waals surface area contributed by atoms with E-state index >= 15 is 0 Å². The highest BCUT2D eigenvalue weighted by Gasteiger charge is 2.21. The van der Waals surface area contributed by atoms with E-state index in [1.54, 1.807) is 11.1 Å². The molecule has 0 bridgehead atoms. The first-order valence-corrected chi connectivity index (χ1v) is 12.9. The third kappa shape index (κ3) is 6.90. The predicted molar refractivity (Wildman–Crippen MR) is 152 cm³/mol. The van der Waals surface area contributed by atoms with Crippen LogP contribution in [0.4, 0.5) is 27.4 Å². The molecule has 3 aromatic carbocycles. The number of carbonyl (C=O) groups is 2. The molecule has 10 heteroatoms. The van der Waals surface area contributed by atoms with Crippen molar-refractivity contribution in [1.29, 1.82) is 0 Å². The van der Waals surface area contributed by atoms with Crippen LogP contribution >= 0.6 is 0 Å². The van der Waals surface area contributed by atoms with E-state index in [0.29, 0.717) is 37.9 Å². The van der Waals surface area contributed by atoms with Gasteiger partial charge in [-0.2, -0.15) is 0 Å². The average molecular weight is 541 g/mol. The van der Waals surface area contributed by atoms with E-state index in [-0.39, 0.29) is 24.2 Å². The second kappa shape index (κ2) is 12.2. The van der Waals surface area contributed by atoms with Gasteiger partial charge in [0.15, 0.2) is 6.61 Å². The summed E-state index contributed by atoms with van der Waals surface area (Å²) in [6.45, 7) is 4.01. The van der Waals surface area contributed by atoms with Crippen molar-refractivity contribution in [3.8, 4) is 17.0 Å². The molecular formula is C30H29FN6O3. The number of piperazine rings is 1. The Kier molecular flexibility index (Phi) is 8.15.